The van der Waals surface area contributed by atoms with Crippen LogP contribution in [0.4, 0.5) is 0 Å². The number of rotatable bonds is 1. The number of nitrogens with zero attached hydrogens (tertiary/aromatic N) is 1. The van der Waals surface area contributed by atoms with E-state index >= 15 is 0 Å². The van der Waals surface area contributed by atoms with Gasteiger partial charge in [-0.1, -0.05) is 55.8 Å². The summed E-state index contributed by atoms with van der Waals surface area (Å²) in [4.78, 5) is 15.1. The molecule has 33 heavy (non-hydrogen) atoms. The van der Waals surface area contributed by atoms with E-state index in [1.807, 2.05) is 6.07 Å². The summed E-state index contributed by atoms with van der Waals surface area (Å²) in [5.74, 6) is -0.0625. The average molecular weight is 611 g/mol. The van der Waals surface area contributed by atoms with Crippen molar-refractivity contribution in [1.82, 2.24) is 4.98 Å². The van der Waals surface area contributed by atoms with Gasteiger partial charge in [0.2, 0.25) is 0 Å². The molecule has 0 atom stereocenters. The zero-order chi connectivity index (χ0) is 22.6. The molecule has 1 radical (unpaired) electrons. The van der Waals surface area contributed by atoms with Crippen molar-refractivity contribution in [3.05, 3.63) is 89.7 Å². The van der Waals surface area contributed by atoms with Crippen molar-refractivity contribution in [1.29, 1.82) is 0 Å². The summed E-state index contributed by atoms with van der Waals surface area (Å²) in [5.41, 5.74) is 11.3. The van der Waals surface area contributed by atoms with E-state index in [1.54, 1.807) is 0 Å². The topological polar surface area (TPSA) is 50.2 Å². The van der Waals surface area contributed by atoms with Crippen LogP contribution in [0.15, 0.2) is 72.5 Å². The predicted octanol–water partition coefficient (Wildman–Crippen LogP) is 7.02. The number of aromatic nitrogens is 1. The van der Waals surface area contributed by atoms with Crippen LogP contribution in [0, 0.1) is 6.07 Å². The van der Waals surface area contributed by atoms with E-state index < -0.39 is 0 Å². The Morgan fingerprint density at radius 2 is 1.67 bits per heavy atom. The van der Waals surface area contributed by atoms with Crippen LogP contribution in [-0.2, 0) is 30.3 Å². The summed E-state index contributed by atoms with van der Waals surface area (Å²) in [7, 11) is 0. The van der Waals surface area contributed by atoms with Crippen LogP contribution in [0.1, 0.15) is 38.8 Å². The fraction of sp³-hybridized carbons (Fsp3) is 0.172. The molecule has 2 aliphatic rings. The summed E-state index contributed by atoms with van der Waals surface area (Å²) in [6, 6.07) is 25.0. The smallest absolute Gasteiger partial charge is 0.155 e. The number of aliphatic hydroxyl groups excluding tert-OH is 1. The molecule has 0 aliphatic heterocycles. The molecule has 0 bridgehead atoms. The molecular formula is C29H24IrNO2-. The third kappa shape index (κ3) is 3.54. The van der Waals surface area contributed by atoms with Crippen LogP contribution in [0.3, 0.4) is 0 Å². The van der Waals surface area contributed by atoms with E-state index in [0.29, 0.717) is 0 Å². The van der Waals surface area contributed by atoms with Crippen molar-refractivity contribution < 1.29 is 30.0 Å². The zero-order valence-electron chi connectivity index (χ0n) is 19.0. The van der Waals surface area contributed by atoms with Crippen molar-refractivity contribution in [2.45, 2.75) is 33.1 Å². The molecule has 4 aromatic rings. The molecular weight excluding hydrogens is 587 g/mol. The molecule has 0 amide bonds. The van der Waals surface area contributed by atoms with Gasteiger partial charge in [-0.25, -0.2) is 0 Å². The van der Waals surface area contributed by atoms with Gasteiger partial charge in [-0.15, -0.1) is 35.4 Å². The summed E-state index contributed by atoms with van der Waals surface area (Å²) >= 11 is 0. The number of aliphatic hydroxyl groups is 1. The molecule has 6 rings (SSSR count). The second-order valence-corrected chi connectivity index (χ2v) is 8.94. The van der Waals surface area contributed by atoms with E-state index in [0.717, 1.165) is 16.8 Å². The number of benzene rings is 3. The molecule has 1 heterocycles. The minimum Gasteiger partial charge on any atom is -0.512 e. The van der Waals surface area contributed by atoms with Gasteiger partial charge in [-0.2, -0.15) is 0 Å². The molecule has 3 nitrogen and oxygen atoms in total. The molecule has 0 fully saturated rings. The normalized spacial score (nSPS) is 13.9. The molecule has 0 saturated carbocycles. The third-order valence-electron chi connectivity index (χ3n) is 6.30. The maximum absolute atomic E-state index is 10.0. The fourth-order valence-electron chi connectivity index (χ4n) is 5.12. The van der Waals surface area contributed by atoms with Crippen LogP contribution < -0.4 is 0 Å². The van der Waals surface area contributed by atoms with Crippen LogP contribution in [0.5, 0.6) is 0 Å². The first-order valence-electron chi connectivity index (χ1n) is 10.8. The largest absolute Gasteiger partial charge is 0.512 e. The second-order valence-electron chi connectivity index (χ2n) is 8.94. The first-order valence-corrected chi connectivity index (χ1v) is 10.8. The molecule has 3 aromatic carbocycles. The fourth-order valence-corrected chi connectivity index (χ4v) is 5.12. The van der Waals surface area contributed by atoms with E-state index in [9.17, 15) is 4.79 Å². The van der Waals surface area contributed by atoms with E-state index in [-0.39, 0.29) is 37.1 Å². The first-order chi connectivity index (χ1) is 15.3. The van der Waals surface area contributed by atoms with Gasteiger partial charge in [-0.05, 0) is 53.3 Å². The Kier molecular flexibility index (Phi) is 5.86. The van der Waals surface area contributed by atoms with Gasteiger partial charge in [-0.3, -0.25) is 9.78 Å². The number of carbonyl (C=O) groups is 1. The van der Waals surface area contributed by atoms with E-state index in [2.05, 4.69) is 74.5 Å². The van der Waals surface area contributed by atoms with Gasteiger partial charge >= 0.3 is 0 Å². The van der Waals surface area contributed by atoms with E-state index in [1.165, 1.54) is 58.7 Å². The van der Waals surface area contributed by atoms with Crippen LogP contribution in [0.25, 0.3) is 44.4 Å². The molecule has 0 unspecified atom stereocenters. The van der Waals surface area contributed by atoms with Crippen molar-refractivity contribution in [2.75, 3.05) is 0 Å². The SMILES string of the molecule is CC(=O)C=C(C)O.CC1(C)c2ccc[c-]c2-c2nc3cccc4c3c(c21)-c1ccccc1-4.[Ir]. The Morgan fingerprint density at radius 3 is 2.33 bits per heavy atom. The molecule has 0 spiro atoms. The number of carbonyl (C=O) groups excluding carboxylic acids is 1. The van der Waals surface area contributed by atoms with Crippen LogP contribution in [0.2, 0.25) is 0 Å². The van der Waals surface area contributed by atoms with Crippen molar-refractivity contribution >= 4 is 16.7 Å². The maximum atomic E-state index is 10.0. The molecule has 2 aliphatic carbocycles. The van der Waals surface area contributed by atoms with Crippen molar-refractivity contribution in [3.8, 4) is 33.5 Å². The zero-order valence-corrected chi connectivity index (χ0v) is 21.4. The van der Waals surface area contributed by atoms with Gasteiger partial charge in [0.1, 0.15) is 0 Å². The Morgan fingerprint density at radius 1 is 0.970 bits per heavy atom. The Hall–Kier alpha value is -3.07. The summed E-state index contributed by atoms with van der Waals surface area (Å²) in [6.07, 6.45) is 1.17. The number of ketones is 1. The third-order valence-corrected chi connectivity index (χ3v) is 6.30. The van der Waals surface area contributed by atoms with Crippen LogP contribution >= 0.6 is 0 Å². The number of hydrogen-bond acceptors (Lipinski definition) is 3. The van der Waals surface area contributed by atoms with Crippen LogP contribution in [-0.4, -0.2) is 15.9 Å². The maximum Gasteiger partial charge on any atom is 0.155 e. The van der Waals surface area contributed by atoms with Gasteiger partial charge in [0.15, 0.2) is 5.78 Å². The van der Waals surface area contributed by atoms with Crippen molar-refractivity contribution in [2.24, 2.45) is 0 Å². The van der Waals surface area contributed by atoms with Gasteiger partial charge in [0, 0.05) is 31.6 Å². The summed E-state index contributed by atoms with van der Waals surface area (Å²) in [6.45, 7) is 7.49. The van der Waals surface area contributed by atoms with Gasteiger partial charge in [0.05, 0.1) is 11.3 Å². The van der Waals surface area contributed by atoms with Gasteiger partial charge in [0.25, 0.3) is 0 Å². The monoisotopic (exact) mass is 611 g/mol. The molecule has 1 N–H and O–H groups in total. The minimum absolute atomic E-state index is 0. The Labute approximate surface area is 207 Å². The van der Waals surface area contributed by atoms with E-state index in [4.69, 9.17) is 10.1 Å². The van der Waals surface area contributed by atoms with Crippen molar-refractivity contribution in [3.63, 3.8) is 0 Å². The standard InChI is InChI=1S/C24H16N.C5H8O2.Ir/c1-24(2)18-12-6-5-10-17(18)23-22(24)21-16-9-4-3-8-14(16)15-11-7-13-19(25-23)20(15)21;1-4(6)3-5(2)7;/h3-9,11-13H,1-2H3;3,6H,1-2H3;/q-1;;. The Bertz CT molecular complexity index is 1450. The predicted molar refractivity (Wildman–Crippen MR) is 130 cm³/mol. The number of pyridine rings is 1. The Balaban J connectivity index is 0.000000287. The minimum atomic E-state index is -0.125. The molecule has 167 valence electrons. The molecule has 1 aromatic heterocycles. The second kappa shape index (κ2) is 8.37. The summed E-state index contributed by atoms with van der Waals surface area (Å²) in [5, 5.41) is 9.67. The van der Waals surface area contributed by atoms with Gasteiger partial charge < -0.3 is 5.11 Å². The number of fused-ring (bicyclic) bond motifs is 7. The summed E-state index contributed by atoms with van der Waals surface area (Å²) < 4.78 is 0. The average Bonchev–Trinajstić information content (AvgIpc) is 3.20. The number of allylic oxidation sites excluding steroid dienone is 2. The first kappa shape index (κ1) is 23.1. The quantitative estimate of drug-likeness (QED) is 0.126. The molecule has 0 saturated heterocycles. The molecule has 4 heteroatoms. The number of hydrogen-bond donors (Lipinski definition) is 1.